The zero-order valence-corrected chi connectivity index (χ0v) is 12.5. The molecule has 0 aliphatic heterocycles. The number of rotatable bonds is 6. The van der Waals surface area contributed by atoms with Gasteiger partial charge in [0.2, 0.25) is 0 Å². The van der Waals surface area contributed by atoms with E-state index in [2.05, 4.69) is 22.6 Å². The highest BCUT2D eigenvalue weighted by atomic mass is 16.5. The van der Waals surface area contributed by atoms with Crippen molar-refractivity contribution in [1.29, 1.82) is 0 Å². The zero-order valence-electron chi connectivity index (χ0n) is 12.5. The summed E-state index contributed by atoms with van der Waals surface area (Å²) in [4.78, 5) is 11.8. The second-order valence-corrected chi connectivity index (χ2v) is 4.73. The third-order valence-electron chi connectivity index (χ3n) is 3.10. The van der Waals surface area contributed by atoms with Crippen molar-refractivity contribution in [2.45, 2.75) is 32.9 Å². The van der Waals surface area contributed by atoms with Crippen LogP contribution in [0.3, 0.4) is 0 Å². The first-order chi connectivity index (χ1) is 9.49. The molecule has 0 aliphatic rings. The second kappa shape index (κ2) is 7.56. The van der Waals surface area contributed by atoms with Crippen LogP contribution in [0.1, 0.15) is 31.0 Å². The molecule has 1 rings (SSSR count). The van der Waals surface area contributed by atoms with Crippen LogP contribution in [-0.4, -0.2) is 25.6 Å². The lowest BCUT2D eigenvalue weighted by Crippen LogP contribution is -2.36. The predicted molar refractivity (Wildman–Crippen MR) is 80.6 cm³/mol. The highest BCUT2D eigenvalue weighted by molar-refractivity contribution is 5.80. The van der Waals surface area contributed by atoms with Crippen molar-refractivity contribution in [2.24, 2.45) is 0 Å². The van der Waals surface area contributed by atoms with E-state index < -0.39 is 6.10 Å². The number of hydrogen-bond donors (Lipinski definition) is 2. The summed E-state index contributed by atoms with van der Waals surface area (Å²) < 4.78 is 5.76. The number of aryl methyl sites for hydroxylation is 1. The van der Waals surface area contributed by atoms with E-state index in [-0.39, 0.29) is 18.5 Å². The summed E-state index contributed by atoms with van der Waals surface area (Å²) in [6.45, 7) is 5.99. The normalized spacial score (nSPS) is 13.2. The maximum Gasteiger partial charge on any atom is 0.261 e. The Labute approximate surface area is 120 Å². The molecule has 0 heterocycles. The number of nitrogens with one attached hydrogen (secondary N) is 2. The summed E-state index contributed by atoms with van der Waals surface area (Å²) in [7, 11) is 1.89. The van der Waals surface area contributed by atoms with Crippen LogP contribution in [0.25, 0.3) is 0 Å². The zero-order chi connectivity index (χ0) is 15.1. The molecule has 0 aromatic heterocycles. The Kier molecular flexibility index (Phi) is 6.08. The Morgan fingerprint density at radius 1 is 1.45 bits per heavy atom. The van der Waals surface area contributed by atoms with Gasteiger partial charge in [-0.25, -0.2) is 0 Å². The van der Waals surface area contributed by atoms with Gasteiger partial charge in [0.15, 0.2) is 6.10 Å². The average Bonchev–Trinajstić information content (AvgIpc) is 2.45. The van der Waals surface area contributed by atoms with Crippen molar-refractivity contribution in [1.82, 2.24) is 10.6 Å². The Morgan fingerprint density at radius 2 is 2.15 bits per heavy atom. The molecule has 0 radical (unpaired) electrons. The fraction of sp³-hybridized carbons (Fsp3) is 0.438. The Balaban J connectivity index is 2.86. The van der Waals surface area contributed by atoms with Gasteiger partial charge < -0.3 is 15.4 Å². The molecule has 20 heavy (non-hydrogen) atoms. The maximum absolute atomic E-state index is 11.8. The van der Waals surface area contributed by atoms with Crippen LogP contribution in [0.4, 0.5) is 0 Å². The molecule has 1 aromatic carbocycles. The van der Waals surface area contributed by atoms with Crippen molar-refractivity contribution in [3.05, 3.63) is 29.3 Å². The summed E-state index contributed by atoms with van der Waals surface area (Å²) in [6, 6.07) is 6.06. The molecule has 108 valence electrons. The fourth-order valence-electron chi connectivity index (χ4n) is 1.79. The van der Waals surface area contributed by atoms with Crippen LogP contribution in [0.15, 0.2) is 18.2 Å². The van der Waals surface area contributed by atoms with E-state index in [1.165, 1.54) is 0 Å². The first kappa shape index (κ1) is 16.1. The number of hydrogen-bond acceptors (Lipinski definition) is 3. The van der Waals surface area contributed by atoms with Crippen LogP contribution in [0.2, 0.25) is 0 Å². The molecule has 0 aliphatic carbocycles. The van der Waals surface area contributed by atoms with Crippen molar-refractivity contribution in [3.8, 4) is 18.1 Å². The maximum atomic E-state index is 11.8. The van der Waals surface area contributed by atoms with E-state index in [1.807, 2.05) is 33.0 Å². The number of terminal acetylenes is 1. The largest absolute Gasteiger partial charge is 0.481 e. The van der Waals surface area contributed by atoms with E-state index >= 15 is 0 Å². The van der Waals surface area contributed by atoms with Crippen LogP contribution >= 0.6 is 0 Å². The van der Waals surface area contributed by atoms with E-state index in [9.17, 15) is 4.79 Å². The van der Waals surface area contributed by atoms with Gasteiger partial charge in [0.25, 0.3) is 5.91 Å². The number of carbonyl (C=O) groups is 1. The molecule has 2 atom stereocenters. The molecule has 0 spiro atoms. The molecule has 1 amide bonds. The van der Waals surface area contributed by atoms with Crippen molar-refractivity contribution >= 4 is 5.91 Å². The molecule has 2 unspecified atom stereocenters. The summed E-state index contributed by atoms with van der Waals surface area (Å²) >= 11 is 0. The van der Waals surface area contributed by atoms with Gasteiger partial charge in [-0.1, -0.05) is 23.6 Å². The van der Waals surface area contributed by atoms with E-state index in [4.69, 9.17) is 11.2 Å². The molecule has 0 saturated carbocycles. The predicted octanol–water partition coefficient (Wildman–Crippen LogP) is 1.79. The fourth-order valence-corrected chi connectivity index (χ4v) is 1.79. The Morgan fingerprint density at radius 3 is 2.75 bits per heavy atom. The van der Waals surface area contributed by atoms with Gasteiger partial charge in [0.05, 0.1) is 6.54 Å². The van der Waals surface area contributed by atoms with Crippen LogP contribution in [-0.2, 0) is 4.79 Å². The molecule has 0 saturated heterocycles. The van der Waals surface area contributed by atoms with E-state index in [0.717, 1.165) is 11.1 Å². The van der Waals surface area contributed by atoms with E-state index in [1.54, 1.807) is 6.92 Å². The SMILES string of the molecule is C#CCNC(=O)C(C)Oc1ccc(C)cc1C(C)NC. The minimum atomic E-state index is -0.589. The minimum absolute atomic E-state index is 0.144. The lowest BCUT2D eigenvalue weighted by atomic mass is 10.0. The summed E-state index contributed by atoms with van der Waals surface area (Å²) in [5.41, 5.74) is 2.18. The number of ether oxygens (including phenoxy) is 1. The molecule has 0 bridgehead atoms. The van der Waals surface area contributed by atoms with Gasteiger partial charge in [-0.2, -0.15) is 0 Å². The first-order valence-corrected chi connectivity index (χ1v) is 6.65. The van der Waals surface area contributed by atoms with Crippen molar-refractivity contribution in [3.63, 3.8) is 0 Å². The quantitative estimate of drug-likeness (QED) is 0.778. The van der Waals surface area contributed by atoms with Crippen LogP contribution in [0, 0.1) is 19.3 Å². The van der Waals surface area contributed by atoms with Gasteiger partial charge in [-0.05, 0) is 33.9 Å². The van der Waals surface area contributed by atoms with Crippen LogP contribution < -0.4 is 15.4 Å². The van der Waals surface area contributed by atoms with Gasteiger partial charge in [0, 0.05) is 11.6 Å². The van der Waals surface area contributed by atoms with Crippen molar-refractivity contribution in [2.75, 3.05) is 13.6 Å². The van der Waals surface area contributed by atoms with Gasteiger partial charge >= 0.3 is 0 Å². The second-order valence-electron chi connectivity index (χ2n) is 4.73. The van der Waals surface area contributed by atoms with E-state index in [0.29, 0.717) is 5.75 Å². The lowest BCUT2D eigenvalue weighted by Gasteiger charge is -2.20. The molecular weight excluding hydrogens is 252 g/mol. The highest BCUT2D eigenvalue weighted by Crippen LogP contribution is 2.27. The highest BCUT2D eigenvalue weighted by Gasteiger charge is 2.17. The summed E-state index contributed by atoms with van der Waals surface area (Å²) in [5, 5.41) is 5.79. The smallest absolute Gasteiger partial charge is 0.261 e. The van der Waals surface area contributed by atoms with Crippen molar-refractivity contribution < 1.29 is 9.53 Å². The molecular formula is C16H22N2O2. The lowest BCUT2D eigenvalue weighted by molar-refractivity contribution is -0.127. The average molecular weight is 274 g/mol. The van der Waals surface area contributed by atoms with Gasteiger partial charge in [-0.15, -0.1) is 6.42 Å². The third kappa shape index (κ3) is 4.29. The standard InChI is InChI=1S/C16H22N2O2/c1-6-9-18-16(19)13(4)20-15-8-7-11(2)10-14(15)12(3)17-5/h1,7-8,10,12-13,17H,9H2,2-5H3,(H,18,19). The number of benzene rings is 1. The van der Waals surface area contributed by atoms with Crippen LogP contribution in [0.5, 0.6) is 5.75 Å². The third-order valence-corrected chi connectivity index (χ3v) is 3.10. The Hall–Kier alpha value is -1.99. The summed E-state index contributed by atoms with van der Waals surface area (Å²) in [6.07, 6.45) is 4.53. The summed E-state index contributed by atoms with van der Waals surface area (Å²) in [5.74, 6) is 2.86. The number of amides is 1. The minimum Gasteiger partial charge on any atom is -0.481 e. The molecule has 0 fully saturated rings. The molecule has 1 aromatic rings. The first-order valence-electron chi connectivity index (χ1n) is 6.65. The monoisotopic (exact) mass is 274 g/mol. The topological polar surface area (TPSA) is 50.4 Å². The Bertz CT molecular complexity index is 506. The van der Waals surface area contributed by atoms with Gasteiger partial charge in [-0.3, -0.25) is 4.79 Å². The molecule has 4 nitrogen and oxygen atoms in total. The molecule has 2 N–H and O–H groups in total. The van der Waals surface area contributed by atoms with Gasteiger partial charge in [0.1, 0.15) is 5.75 Å². The number of carbonyl (C=O) groups excluding carboxylic acids is 1. The molecule has 4 heteroatoms.